The Morgan fingerprint density at radius 1 is 1.30 bits per heavy atom. The van der Waals surface area contributed by atoms with Gasteiger partial charge in [0, 0.05) is 9.86 Å². The number of rotatable bonds is 3. The van der Waals surface area contributed by atoms with Crippen LogP contribution in [0.15, 0.2) is 21.0 Å². The van der Waals surface area contributed by atoms with Gasteiger partial charge in [0.2, 0.25) is 5.82 Å². The van der Waals surface area contributed by atoms with Gasteiger partial charge in [0.1, 0.15) is 5.76 Å². The molecule has 0 radical (unpaired) electrons. The Balaban J connectivity index is 2.61. The van der Waals surface area contributed by atoms with Crippen LogP contribution in [0.3, 0.4) is 0 Å². The first-order chi connectivity index (χ1) is 9.25. The quantitative estimate of drug-likeness (QED) is 0.776. The highest BCUT2D eigenvalue weighted by molar-refractivity contribution is 9.10. The van der Waals surface area contributed by atoms with E-state index >= 15 is 0 Å². The van der Waals surface area contributed by atoms with Gasteiger partial charge in [-0.25, -0.2) is 4.39 Å². The maximum absolute atomic E-state index is 13.8. The van der Waals surface area contributed by atoms with Gasteiger partial charge in [0.15, 0.2) is 11.4 Å². The van der Waals surface area contributed by atoms with Crippen LogP contribution in [-0.4, -0.2) is 6.54 Å². The smallest absolute Gasteiger partial charge is 0.201 e. The van der Waals surface area contributed by atoms with Gasteiger partial charge in [0.25, 0.3) is 0 Å². The molecule has 0 amide bonds. The molecule has 5 heteroatoms. The summed E-state index contributed by atoms with van der Waals surface area (Å²) >= 11 is 3.25. The second-order valence-electron chi connectivity index (χ2n) is 5.90. The number of furan rings is 1. The van der Waals surface area contributed by atoms with Crippen LogP contribution in [0, 0.1) is 17.0 Å². The third-order valence-corrected chi connectivity index (χ3v) is 3.89. The second-order valence-corrected chi connectivity index (χ2v) is 6.76. The Morgan fingerprint density at radius 3 is 2.50 bits per heavy atom. The summed E-state index contributed by atoms with van der Waals surface area (Å²) in [5.74, 6) is -1.25. The van der Waals surface area contributed by atoms with E-state index in [0.717, 1.165) is 12.6 Å². The van der Waals surface area contributed by atoms with Gasteiger partial charge in [-0.05, 0) is 40.0 Å². The normalized spacial score (nSPS) is 13.9. The van der Waals surface area contributed by atoms with Gasteiger partial charge < -0.3 is 9.73 Å². The predicted octanol–water partition coefficient (Wildman–Crippen LogP) is 5.17. The molecule has 0 saturated heterocycles. The van der Waals surface area contributed by atoms with Gasteiger partial charge in [-0.1, -0.05) is 27.7 Å². The lowest BCUT2D eigenvalue weighted by molar-refractivity contribution is 0.244. The molecule has 0 bridgehead atoms. The fourth-order valence-electron chi connectivity index (χ4n) is 2.29. The van der Waals surface area contributed by atoms with Crippen LogP contribution in [0.4, 0.5) is 8.78 Å². The maximum atomic E-state index is 13.8. The Bertz CT molecular complexity index is 631. The summed E-state index contributed by atoms with van der Waals surface area (Å²) in [7, 11) is 0. The number of halogens is 3. The minimum atomic E-state index is -0.946. The van der Waals surface area contributed by atoms with Crippen molar-refractivity contribution in [2.75, 3.05) is 6.54 Å². The predicted molar refractivity (Wildman–Crippen MR) is 79.7 cm³/mol. The molecule has 1 atom stereocenters. The first kappa shape index (κ1) is 15.4. The standard InChI is InChI=1S/C15H18BrF2NO/c1-5-19-14(15(2,3)4)11-6-8-9(16)7-10(17)12(18)13(8)20-11/h6-7,14,19H,5H2,1-4H3. The Morgan fingerprint density at radius 2 is 1.95 bits per heavy atom. The fourth-order valence-corrected chi connectivity index (χ4v) is 2.79. The lowest BCUT2D eigenvalue weighted by Crippen LogP contribution is -2.31. The van der Waals surface area contributed by atoms with E-state index < -0.39 is 11.6 Å². The van der Waals surface area contributed by atoms with Gasteiger partial charge >= 0.3 is 0 Å². The highest BCUT2D eigenvalue weighted by Crippen LogP contribution is 2.38. The van der Waals surface area contributed by atoms with Crippen molar-refractivity contribution >= 4 is 26.9 Å². The molecular formula is C15H18BrF2NO. The van der Waals surface area contributed by atoms with Crippen molar-refractivity contribution in [1.29, 1.82) is 0 Å². The first-order valence-corrected chi connectivity index (χ1v) is 7.35. The highest BCUT2D eigenvalue weighted by atomic mass is 79.9. The van der Waals surface area contributed by atoms with Crippen LogP contribution in [0.25, 0.3) is 11.0 Å². The van der Waals surface area contributed by atoms with E-state index in [1.54, 1.807) is 6.07 Å². The van der Waals surface area contributed by atoms with E-state index in [4.69, 9.17) is 4.42 Å². The van der Waals surface area contributed by atoms with E-state index in [9.17, 15) is 8.78 Å². The van der Waals surface area contributed by atoms with Crippen LogP contribution in [0.5, 0.6) is 0 Å². The largest absolute Gasteiger partial charge is 0.456 e. The van der Waals surface area contributed by atoms with Gasteiger partial charge in [-0.15, -0.1) is 0 Å². The number of hydrogen-bond donors (Lipinski definition) is 1. The maximum Gasteiger partial charge on any atom is 0.201 e. The number of nitrogens with one attached hydrogen (secondary N) is 1. The zero-order valence-electron chi connectivity index (χ0n) is 12.0. The van der Waals surface area contributed by atoms with E-state index in [2.05, 4.69) is 42.0 Å². The lowest BCUT2D eigenvalue weighted by atomic mass is 9.85. The van der Waals surface area contributed by atoms with Crippen molar-refractivity contribution in [3.63, 3.8) is 0 Å². The molecule has 0 aliphatic rings. The average molecular weight is 346 g/mol. The SMILES string of the molecule is CCNC(c1cc2c(Br)cc(F)c(F)c2o1)C(C)(C)C. The Labute approximate surface area is 125 Å². The zero-order valence-corrected chi connectivity index (χ0v) is 13.6. The van der Waals surface area contributed by atoms with Crippen molar-refractivity contribution in [3.05, 3.63) is 34.0 Å². The molecule has 0 aliphatic heterocycles. The molecule has 20 heavy (non-hydrogen) atoms. The topological polar surface area (TPSA) is 25.2 Å². The molecule has 1 aromatic carbocycles. The summed E-state index contributed by atoms with van der Waals surface area (Å²) in [4.78, 5) is 0. The van der Waals surface area contributed by atoms with Crippen molar-refractivity contribution in [1.82, 2.24) is 5.32 Å². The minimum Gasteiger partial charge on any atom is -0.456 e. The Kier molecular flexibility index (Phi) is 4.21. The molecule has 110 valence electrons. The van der Waals surface area contributed by atoms with Crippen LogP contribution in [0.2, 0.25) is 0 Å². The summed E-state index contributed by atoms with van der Waals surface area (Å²) in [6, 6.07) is 2.81. The molecule has 2 rings (SSSR count). The summed E-state index contributed by atoms with van der Waals surface area (Å²) in [5.41, 5.74) is -0.148. The average Bonchev–Trinajstić information content (AvgIpc) is 2.77. The summed E-state index contributed by atoms with van der Waals surface area (Å²) < 4.78 is 33.3. The van der Waals surface area contributed by atoms with Crippen molar-refractivity contribution in [2.45, 2.75) is 33.7 Å². The van der Waals surface area contributed by atoms with Crippen molar-refractivity contribution in [2.24, 2.45) is 5.41 Å². The first-order valence-electron chi connectivity index (χ1n) is 6.56. The van der Waals surface area contributed by atoms with Crippen molar-refractivity contribution in [3.8, 4) is 0 Å². The molecule has 1 unspecified atom stereocenters. The molecule has 1 N–H and O–H groups in total. The third kappa shape index (κ3) is 2.74. The summed E-state index contributed by atoms with van der Waals surface area (Å²) in [5, 5.41) is 3.88. The van der Waals surface area contributed by atoms with E-state index in [1.165, 1.54) is 0 Å². The van der Waals surface area contributed by atoms with Crippen molar-refractivity contribution < 1.29 is 13.2 Å². The van der Waals surface area contributed by atoms with E-state index in [0.29, 0.717) is 15.6 Å². The van der Waals surface area contributed by atoms with Gasteiger partial charge in [-0.2, -0.15) is 4.39 Å². The second kappa shape index (κ2) is 5.45. The molecule has 2 aromatic rings. The lowest BCUT2D eigenvalue weighted by Gasteiger charge is -2.29. The molecular weight excluding hydrogens is 328 g/mol. The third-order valence-electron chi connectivity index (χ3n) is 3.23. The molecule has 0 fully saturated rings. The monoisotopic (exact) mass is 345 g/mol. The summed E-state index contributed by atoms with van der Waals surface area (Å²) in [6.07, 6.45) is 0. The molecule has 0 spiro atoms. The minimum absolute atomic E-state index is 0.0426. The van der Waals surface area contributed by atoms with E-state index in [-0.39, 0.29) is 17.0 Å². The fraction of sp³-hybridized carbons (Fsp3) is 0.467. The van der Waals surface area contributed by atoms with Crippen LogP contribution >= 0.6 is 15.9 Å². The number of hydrogen-bond acceptors (Lipinski definition) is 2. The number of fused-ring (bicyclic) bond motifs is 1. The summed E-state index contributed by atoms with van der Waals surface area (Å²) in [6.45, 7) is 8.97. The van der Waals surface area contributed by atoms with Gasteiger partial charge in [-0.3, -0.25) is 0 Å². The molecule has 0 saturated carbocycles. The molecule has 1 heterocycles. The van der Waals surface area contributed by atoms with Crippen LogP contribution in [0.1, 0.15) is 39.5 Å². The molecule has 0 aliphatic carbocycles. The van der Waals surface area contributed by atoms with Gasteiger partial charge in [0.05, 0.1) is 6.04 Å². The molecule has 2 nitrogen and oxygen atoms in total. The zero-order chi connectivity index (χ0) is 15.1. The van der Waals surface area contributed by atoms with Crippen LogP contribution in [-0.2, 0) is 0 Å². The van der Waals surface area contributed by atoms with E-state index in [1.807, 2.05) is 6.92 Å². The highest BCUT2D eigenvalue weighted by Gasteiger charge is 2.29. The number of benzene rings is 1. The Hall–Kier alpha value is -0.940. The van der Waals surface area contributed by atoms with Crippen LogP contribution < -0.4 is 5.32 Å². The molecule has 1 aromatic heterocycles.